The first-order valence-electron chi connectivity index (χ1n) is 13.2. The van der Waals surface area contributed by atoms with Gasteiger partial charge in [0.15, 0.2) is 11.6 Å². The first kappa shape index (κ1) is 23.1. The predicted molar refractivity (Wildman–Crippen MR) is 158 cm³/mol. The van der Waals surface area contributed by atoms with Crippen LogP contribution in [0.25, 0.3) is 29.0 Å². The molecule has 1 unspecified atom stereocenters. The van der Waals surface area contributed by atoms with Crippen LogP contribution in [0.1, 0.15) is 5.56 Å². The topological polar surface area (TPSA) is 37.4 Å². The molecule has 0 aliphatic heterocycles. The number of fused-ring (bicyclic) bond motifs is 3. The molecular weight excluding hydrogens is 478 g/mol. The van der Waals surface area contributed by atoms with Crippen molar-refractivity contribution in [3.63, 3.8) is 0 Å². The van der Waals surface area contributed by atoms with E-state index in [1.165, 1.54) is 0 Å². The van der Waals surface area contributed by atoms with Crippen molar-refractivity contribution >= 4 is 57.6 Å². The van der Waals surface area contributed by atoms with Gasteiger partial charge in [0.1, 0.15) is 0 Å². The van der Waals surface area contributed by atoms with Gasteiger partial charge in [-0.25, -0.2) is 0 Å². The Hall–Kier alpha value is -5.02. The van der Waals surface area contributed by atoms with Gasteiger partial charge in [-0.3, -0.25) is 9.59 Å². The molecule has 7 rings (SSSR count). The fraction of sp³-hybridized carbons (Fsp3) is 0.0556. The SMILES string of the molecule is O=C1/C(=C\c2ccc3cc(N(c4ccccc4)c4ccccc4)ccc3c2)C(=O)[C@@H]2C=c3ccccc3=CC12. The second-order valence-electron chi connectivity index (χ2n) is 10.1. The van der Waals surface area contributed by atoms with E-state index in [0.29, 0.717) is 5.57 Å². The van der Waals surface area contributed by atoms with Crippen LogP contribution in [-0.4, -0.2) is 11.6 Å². The third kappa shape index (κ3) is 4.09. The number of allylic oxidation sites excluding steroid dienone is 1. The minimum absolute atomic E-state index is 0.0902. The maximum absolute atomic E-state index is 13.3. The van der Waals surface area contributed by atoms with Gasteiger partial charge in [0.2, 0.25) is 0 Å². The lowest BCUT2D eigenvalue weighted by atomic mass is 9.89. The zero-order valence-electron chi connectivity index (χ0n) is 21.2. The monoisotopic (exact) mass is 503 g/mol. The Kier molecular flexibility index (Phi) is 5.56. The van der Waals surface area contributed by atoms with Crippen molar-refractivity contribution in [2.24, 2.45) is 11.8 Å². The van der Waals surface area contributed by atoms with E-state index >= 15 is 0 Å². The van der Waals surface area contributed by atoms with Gasteiger partial charge in [-0.05, 0) is 75.3 Å². The molecule has 5 aromatic carbocycles. The Labute approximate surface area is 226 Å². The van der Waals surface area contributed by atoms with Gasteiger partial charge in [0, 0.05) is 17.1 Å². The largest absolute Gasteiger partial charge is 0.310 e. The number of anilines is 3. The number of carbonyl (C=O) groups excluding carboxylic acids is 2. The molecule has 2 aliphatic carbocycles. The van der Waals surface area contributed by atoms with Gasteiger partial charge in [0.05, 0.1) is 17.4 Å². The molecule has 3 nitrogen and oxygen atoms in total. The van der Waals surface area contributed by atoms with Crippen LogP contribution >= 0.6 is 0 Å². The maximum Gasteiger partial charge on any atom is 0.174 e. The van der Waals surface area contributed by atoms with Crippen molar-refractivity contribution in [1.82, 2.24) is 0 Å². The van der Waals surface area contributed by atoms with Gasteiger partial charge in [-0.2, -0.15) is 0 Å². The molecule has 39 heavy (non-hydrogen) atoms. The van der Waals surface area contributed by atoms with E-state index < -0.39 is 11.8 Å². The van der Waals surface area contributed by atoms with Crippen LogP contribution in [-0.2, 0) is 9.59 Å². The van der Waals surface area contributed by atoms with Crippen molar-refractivity contribution in [2.45, 2.75) is 0 Å². The molecule has 186 valence electrons. The first-order valence-corrected chi connectivity index (χ1v) is 13.2. The summed E-state index contributed by atoms with van der Waals surface area (Å²) in [4.78, 5) is 28.8. The molecule has 0 heterocycles. The molecule has 0 amide bonds. The highest BCUT2D eigenvalue weighted by Crippen LogP contribution is 2.37. The third-order valence-corrected chi connectivity index (χ3v) is 7.68. The van der Waals surface area contributed by atoms with Gasteiger partial charge >= 0.3 is 0 Å². The molecule has 0 bridgehead atoms. The molecule has 2 aliphatic rings. The van der Waals surface area contributed by atoms with Crippen molar-refractivity contribution in [2.75, 3.05) is 4.90 Å². The minimum atomic E-state index is -0.413. The van der Waals surface area contributed by atoms with Crippen LogP contribution in [0.5, 0.6) is 0 Å². The fourth-order valence-corrected chi connectivity index (χ4v) is 5.76. The van der Waals surface area contributed by atoms with Crippen molar-refractivity contribution in [3.8, 4) is 0 Å². The molecule has 1 saturated carbocycles. The van der Waals surface area contributed by atoms with Gasteiger partial charge in [-0.15, -0.1) is 0 Å². The number of nitrogens with zero attached hydrogens (tertiary/aromatic N) is 1. The Morgan fingerprint density at radius 3 is 1.62 bits per heavy atom. The number of ketones is 2. The summed E-state index contributed by atoms with van der Waals surface area (Å²) in [5.74, 6) is -1.01. The summed E-state index contributed by atoms with van der Waals surface area (Å²) in [5, 5.41) is 4.17. The van der Waals surface area contributed by atoms with Crippen LogP contribution in [0.15, 0.2) is 127 Å². The number of para-hydroxylation sites is 2. The normalized spacial score (nSPS) is 18.8. The quantitative estimate of drug-likeness (QED) is 0.212. The molecule has 0 N–H and O–H groups in total. The number of hydrogen-bond acceptors (Lipinski definition) is 3. The molecular formula is C36H25NO2. The van der Waals surface area contributed by atoms with Crippen LogP contribution in [0, 0.1) is 11.8 Å². The summed E-state index contributed by atoms with van der Waals surface area (Å²) in [6, 6.07) is 41.0. The lowest BCUT2D eigenvalue weighted by Gasteiger charge is -2.25. The van der Waals surface area contributed by atoms with Crippen LogP contribution in [0.3, 0.4) is 0 Å². The number of rotatable bonds is 4. The highest BCUT2D eigenvalue weighted by atomic mass is 16.2. The molecule has 0 radical (unpaired) electrons. The van der Waals surface area contributed by atoms with Crippen LogP contribution in [0.2, 0.25) is 0 Å². The molecule has 0 spiro atoms. The lowest BCUT2D eigenvalue weighted by Crippen LogP contribution is -2.33. The van der Waals surface area contributed by atoms with E-state index in [9.17, 15) is 9.59 Å². The number of Topliss-reactive ketones (excluding diaryl/α,β-unsaturated/α-hetero) is 2. The summed E-state index contributed by atoms with van der Waals surface area (Å²) in [6.45, 7) is 0. The van der Waals surface area contributed by atoms with E-state index in [1.807, 2.05) is 84.9 Å². The highest BCUT2D eigenvalue weighted by Gasteiger charge is 2.43. The molecule has 3 heteroatoms. The standard InChI is InChI=1S/C36H25NO2/c38-35-32-22-25-9-7-8-10-26(25)23-33(32)36(39)34(35)20-24-15-16-28-21-31(18-17-27(28)19-24)37(29-11-3-1-4-12-29)30-13-5-2-6-14-30/h1-23,32-33H/b34-20-/t32-,33?/m1/s1. The van der Waals surface area contributed by atoms with E-state index in [0.717, 1.165) is 43.8 Å². The summed E-state index contributed by atoms with van der Waals surface area (Å²) in [6.07, 6.45) is 5.67. The third-order valence-electron chi connectivity index (χ3n) is 7.68. The summed E-state index contributed by atoms with van der Waals surface area (Å²) < 4.78 is 0. The summed E-state index contributed by atoms with van der Waals surface area (Å²) >= 11 is 0. The second-order valence-corrected chi connectivity index (χ2v) is 10.1. The van der Waals surface area contributed by atoms with Crippen molar-refractivity contribution < 1.29 is 9.59 Å². The number of benzene rings is 5. The molecule has 0 saturated heterocycles. The van der Waals surface area contributed by atoms with E-state index in [2.05, 4.69) is 53.4 Å². The minimum Gasteiger partial charge on any atom is -0.310 e. The average Bonchev–Trinajstić information content (AvgIpc) is 3.21. The Morgan fingerprint density at radius 2 is 1.03 bits per heavy atom. The Bertz CT molecular complexity index is 1810. The average molecular weight is 504 g/mol. The fourth-order valence-electron chi connectivity index (χ4n) is 5.76. The van der Waals surface area contributed by atoms with Gasteiger partial charge < -0.3 is 4.90 Å². The molecule has 5 aromatic rings. The zero-order valence-corrected chi connectivity index (χ0v) is 21.2. The smallest absolute Gasteiger partial charge is 0.174 e. The van der Waals surface area contributed by atoms with Crippen LogP contribution < -0.4 is 15.3 Å². The molecule has 0 aromatic heterocycles. The van der Waals surface area contributed by atoms with E-state index in [1.54, 1.807) is 6.08 Å². The number of carbonyl (C=O) groups is 2. The Balaban J connectivity index is 1.24. The lowest BCUT2D eigenvalue weighted by molar-refractivity contribution is -0.117. The highest BCUT2D eigenvalue weighted by molar-refractivity contribution is 6.33. The summed E-state index contributed by atoms with van der Waals surface area (Å²) in [7, 11) is 0. The van der Waals surface area contributed by atoms with Gasteiger partial charge in [0.25, 0.3) is 0 Å². The predicted octanol–water partition coefficient (Wildman–Crippen LogP) is 6.35. The van der Waals surface area contributed by atoms with Crippen LogP contribution in [0.4, 0.5) is 17.1 Å². The number of hydrogen-bond donors (Lipinski definition) is 0. The molecule has 2 atom stereocenters. The van der Waals surface area contributed by atoms with E-state index in [4.69, 9.17) is 0 Å². The van der Waals surface area contributed by atoms with Crippen molar-refractivity contribution in [3.05, 3.63) is 143 Å². The molecule has 1 fully saturated rings. The first-order chi connectivity index (χ1) is 19.2. The Morgan fingerprint density at radius 1 is 0.513 bits per heavy atom. The summed E-state index contributed by atoms with van der Waals surface area (Å²) in [5.41, 5.74) is 4.37. The van der Waals surface area contributed by atoms with Crippen molar-refractivity contribution in [1.29, 1.82) is 0 Å². The van der Waals surface area contributed by atoms with Gasteiger partial charge in [-0.1, -0.05) is 91.0 Å². The second kappa shape index (κ2) is 9.38. The zero-order chi connectivity index (χ0) is 26.3. The van der Waals surface area contributed by atoms with E-state index in [-0.39, 0.29) is 11.6 Å². The maximum atomic E-state index is 13.3.